The summed E-state index contributed by atoms with van der Waals surface area (Å²) < 4.78 is 11.5. The second-order valence-corrected chi connectivity index (χ2v) is 6.91. The van der Waals surface area contributed by atoms with E-state index in [1.807, 2.05) is 49.5 Å². The summed E-state index contributed by atoms with van der Waals surface area (Å²) in [6, 6.07) is 16.6. The number of pyridine rings is 1. The van der Waals surface area contributed by atoms with Crippen LogP contribution >= 0.6 is 12.2 Å². The molecule has 7 heteroatoms. The van der Waals surface area contributed by atoms with Crippen molar-refractivity contribution in [2.24, 2.45) is 0 Å². The van der Waals surface area contributed by atoms with Crippen LogP contribution in [0.25, 0.3) is 0 Å². The number of fused-ring (bicyclic) bond motifs is 1. The van der Waals surface area contributed by atoms with Crippen LogP contribution in [-0.2, 0) is 6.42 Å². The first-order valence-electron chi connectivity index (χ1n) is 8.90. The molecule has 3 aromatic rings. The highest BCUT2D eigenvalue weighted by Gasteiger charge is 2.29. The molecular weight excluding hydrogens is 374 g/mol. The fourth-order valence-corrected chi connectivity index (χ4v) is 3.27. The Kier molecular flexibility index (Phi) is 5.08. The van der Waals surface area contributed by atoms with Gasteiger partial charge in [-0.1, -0.05) is 42.5 Å². The van der Waals surface area contributed by atoms with Gasteiger partial charge in [-0.15, -0.1) is 0 Å². The average Bonchev–Trinajstić information content (AvgIpc) is 3.15. The third kappa shape index (κ3) is 3.75. The molecule has 0 spiro atoms. The number of hydrogen-bond acceptors (Lipinski definition) is 5. The molecule has 1 aliphatic rings. The predicted molar refractivity (Wildman–Crippen MR) is 110 cm³/mol. The minimum absolute atomic E-state index is 0.227. The van der Waals surface area contributed by atoms with Crippen LogP contribution in [0.3, 0.4) is 0 Å². The van der Waals surface area contributed by atoms with Gasteiger partial charge in [0, 0.05) is 19.7 Å². The van der Waals surface area contributed by atoms with E-state index >= 15 is 0 Å². The molecule has 0 saturated heterocycles. The number of nitrogens with zero attached hydrogens (tertiary/aromatic N) is 2. The van der Waals surface area contributed by atoms with E-state index in [0.29, 0.717) is 23.0 Å². The molecule has 0 aliphatic carbocycles. The predicted octanol–water partition coefficient (Wildman–Crippen LogP) is 3.22. The van der Waals surface area contributed by atoms with Gasteiger partial charge in [0.05, 0.1) is 0 Å². The average molecular weight is 393 g/mol. The number of furan rings is 1. The van der Waals surface area contributed by atoms with E-state index in [1.54, 1.807) is 23.2 Å². The van der Waals surface area contributed by atoms with Crippen LogP contribution in [0.2, 0.25) is 0 Å². The molecule has 0 fully saturated rings. The fourth-order valence-electron chi connectivity index (χ4n) is 3.05. The van der Waals surface area contributed by atoms with Crippen molar-refractivity contribution in [2.75, 3.05) is 18.6 Å². The van der Waals surface area contributed by atoms with Gasteiger partial charge in [-0.3, -0.25) is 4.79 Å². The minimum Gasteiger partial charge on any atom is -0.487 e. The molecule has 3 heterocycles. The number of carbonyl (C=O) groups excluding carboxylic acids is 1. The molecule has 1 N–H and O–H groups in total. The molecule has 1 atom stereocenters. The van der Waals surface area contributed by atoms with Gasteiger partial charge >= 0.3 is 0 Å². The van der Waals surface area contributed by atoms with Crippen molar-refractivity contribution in [1.29, 1.82) is 0 Å². The molecule has 142 valence electrons. The molecule has 0 bridgehead atoms. The van der Waals surface area contributed by atoms with Crippen molar-refractivity contribution in [3.63, 3.8) is 0 Å². The Labute approximate surface area is 168 Å². The number of thiocarbonyl (C=S) groups is 1. The quantitative estimate of drug-likeness (QED) is 0.687. The second-order valence-electron chi connectivity index (χ2n) is 6.49. The van der Waals surface area contributed by atoms with Crippen molar-refractivity contribution in [3.8, 4) is 5.75 Å². The summed E-state index contributed by atoms with van der Waals surface area (Å²) in [7, 11) is 1.81. The van der Waals surface area contributed by atoms with Gasteiger partial charge in [-0.05, 0) is 29.8 Å². The van der Waals surface area contributed by atoms with Crippen LogP contribution in [0.1, 0.15) is 21.9 Å². The molecule has 2 aromatic heterocycles. The van der Waals surface area contributed by atoms with Gasteiger partial charge < -0.3 is 19.4 Å². The Bertz CT molecular complexity index is 1000. The summed E-state index contributed by atoms with van der Waals surface area (Å²) in [5, 5.41) is 2.90. The number of hydrogen-bond donors (Lipinski definition) is 1. The Balaban J connectivity index is 1.45. The number of nitrogens with one attached hydrogen (secondary N) is 1. The van der Waals surface area contributed by atoms with E-state index in [2.05, 4.69) is 10.3 Å². The van der Waals surface area contributed by atoms with Gasteiger partial charge in [-0.2, -0.15) is 0 Å². The van der Waals surface area contributed by atoms with Gasteiger partial charge in [0.25, 0.3) is 5.91 Å². The lowest BCUT2D eigenvalue weighted by atomic mass is 10.1. The van der Waals surface area contributed by atoms with Crippen LogP contribution in [0, 0.1) is 0 Å². The lowest BCUT2D eigenvalue weighted by Gasteiger charge is -2.22. The van der Waals surface area contributed by atoms with Gasteiger partial charge in [0.15, 0.2) is 17.3 Å². The summed E-state index contributed by atoms with van der Waals surface area (Å²) in [5.41, 5.74) is 1.12. The number of benzene rings is 1. The Morgan fingerprint density at radius 3 is 2.86 bits per heavy atom. The number of rotatable bonds is 4. The highest BCUT2D eigenvalue weighted by molar-refractivity contribution is 7.80. The van der Waals surface area contributed by atoms with E-state index in [-0.39, 0.29) is 18.3 Å². The molecule has 1 amide bonds. The minimum atomic E-state index is -0.468. The first-order valence-corrected chi connectivity index (χ1v) is 9.31. The van der Waals surface area contributed by atoms with E-state index < -0.39 is 6.04 Å². The maximum atomic E-state index is 12.7. The van der Waals surface area contributed by atoms with Gasteiger partial charge in [0.2, 0.25) is 0 Å². The highest BCUT2D eigenvalue weighted by atomic mass is 32.1. The van der Waals surface area contributed by atoms with Crippen LogP contribution in [0.4, 0.5) is 5.82 Å². The molecule has 0 unspecified atom stereocenters. The van der Waals surface area contributed by atoms with E-state index in [4.69, 9.17) is 21.4 Å². The third-order valence-corrected chi connectivity index (χ3v) is 5.07. The first-order chi connectivity index (χ1) is 13.6. The SMILES string of the molecule is CN1C(=S)[C@@H](NC(=O)c2ccc(Cc3ccccc3)o2)COc2cccnc21. The summed E-state index contributed by atoms with van der Waals surface area (Å²) in [4.78, 5) is 19.3. The lowest BCUT2D eigenvalue weighted by molar-refractivity contribution is 0.0908. The van der Waals surface area contributed by atoms with E-state index in [0.717, 1.165) is 11.3 Å². The largest absolute Gasteiger partial charge is 0.487 e. The summed E-state index contributed by atoms with van der Waals surface area (Å²) in [6.45, 7) is 0.227. The van der Waals surface area contributed by atoms with Gasteiger partial charge in [0.1, 0.15) is 23.4 Å². The zero-order valence-corrected chi connectivity index (χ0v) is 16.1. The van der Waals surface area contributed by atoms with Crippen molar-refractivity contribution in [3.05, 3.63) is 77.9 Å². The maximum absolute atomic E-state index is 12.7. The van der Waals surface area contributed by atoms with E-state index in [9.17, 15) is 4.79 Å². The summed E-state index contributed by atoms with van der Waals surface area (Å²) in [5.74, 6) is 1.91. The number of carbonyl (C=O) groups is 1. The van der Waals surface area contributed by atoms with Crippen molar-refractivity contribution in [2.45, 2.75) is 12.5 Å². The Hall–Kier alpha value is -3.19. The number of anilines is 1. The smallest absolute Gasteiger partial charge is 0.287 e. The summed E-state index contributed by atoms with van der Waals surface area (Å²) in [6.07, 6.45) is 2.31. The molecule has 0 radical (unpaired) electrons. The van der Waals surface area contributed by atoms with E-state index in [1.165, 1.54) is 0 Å². The topological polar surface area (TPSA) is 67.6 Å². The van der Waals surface area contributed by atoms with Crippen molar-refractivity contribution < 1.29 is 13.9 Å². The number of aromatic nitrogens is 1. The number of likely N-dealkylation sites (N-methyl/N-ethyl adjacent to an activating group) is 1. The molecular formula is C21H19N3O3S. The van der Waals surface area contributed by atoms with Gasteiger partial charge in [-0.25, -0.2) is 4.98 Å². The van der Waals surface area contributed by atoms with Crippen LogP contribution in [0.15, 0.2) is 65.2 Å². The zero-order chi connectivity index (χ0) is 19.5. The third-order valence-electron chi connectivity index (χ3n) is 4.51. The second kappa shape index (κ2) is 7.82. The summed E-state index contributed by atoms with van der Waals surface area (Å²) >= 11 is 5.53. The molecule has 0 saturated carbocycles. The number of ether oxygens (including phenoxy) is 1. The number of amides is 1. The van der Waals surface area contributed by atoms with Crippen molar-refractivity contribution in [1.82, 2.24) is 10.3 Å². The monoisotopic (exact) mass is 393 g/mol. The zero-order valence-electron chi connectivity index (χ0n) is 15.3. The highest BCUT2D eigenvalue weighted by Crippen LogP contribution is 2.28. The Morgan fingerprint density at radius 2 is 2.04 bits per heavy atom. The molecule has 28 heavy (non-hydrogen) atoms. The van der Waals surface area contributed by atoms with Crippen LogP contribution in [0.5, 0.6) is 5.75 Å². The normalized spacial score (nSPS) is 16.1. The van der Waals surface area contributed by atoms with Crippen LogP contribution in [-0.4, -0.2) is 35.6 Å². The Morgan fingerprint density at radius 1 is 1.21 bits per heavy atom. The molecule has 6 nitrogen and oxygen atoms in total. The molecule has 1 aromatic carbocycles. The standard InChI is InChI=1S/C21H19N3O3S/c1-24-19-17(8-5-11-22-19)26-13-16(21(24)28)23-20(25)18-10-9-15(27-18)12-14-6-3-2-4-7-14/h2-11,16H,12-13H2,1H3,(H,23,25)/t16-/m0/s1. The lowest BCUT2D eigenvalue weighted by Crippen LogP contribution is -2.48. The fraction of sp³-hybridized carbons (Fsp3) is 0.190. The first kappa shape index (κ1) is 18.2. The molecule has 4 rings (SSSR count). The molecule has 1 aliphatic heterocycles. The maximum Gasteiger partial charge on any atom is 0.287 e. The van der Waals surface area contributed by atoms with Crippen LogP contribution < -0.4 is 15.0 Å². The van der Waals surface area contributed by atoms with Crippen molar-refractivity contribution >= 4 is 28.9 Å².